The summed E-state index contributed by atoms with van der Waals surface area (Å²) in [6.07, 6.45) is 6.16. The van der Waals surface area contributed by atoms with Crippen LogP contribution < -0.4 is 5.32 Å². The van der Waals surface area contributed by atoms with Crippen molar-refractivity contribution in [1.82, 2.24) is 5.32 Å². The number of hydrogen-bond acceptors (Lipinski definition) is 3. The van der Waals surface area contributed by atoms with E-state index in [9.17, 15) is 9.59 Å². The molecule has 0 saturated heterocycles. The number of nitrogens with one attached hydrogen (secondary N) is 1. The molecule has 132 valence electrons. The van der Waals surface area contributed by atoms with E-state index in [0.29, 0.717) is 13.0 Å². The molecule has 1 saturated carbocycles. The molecular weight excluding hydrogens is 302 g/mol. The van der Waals surface area contributed by atoms with Crippen LogP contribution in [0.1, 0.15) is 57.4 Å². The van der Waals surface area contributed by atoms with Gasteiger partial charge in [-0.05, 0) is 31.2 Å². The van der Waals surface area contributed by atoms with E-state index in [0.717, 1.165) is 44.1 Å². The summed E-state index contributed by atoms with van der Waals surface area (Å²) in [4.78, 5) is 25.0. The number of carbonyl (C=O) groups excluding carboxylic acids is 2. The molecule has 1 aliphatic rings. The van der Waals surface area contributed by atoms with Gasteiger partial charge in [0.1, 0.15) is 6.61 Å². The van der Waals surface area contributed by atoms with Gasteiger partial charge in [0.15, 0.2) is 0 Å². The lowest BCUT2D eigenvalue weighted by Gasteiger charge is -2.30. The Balaban J connectivity index is 2.01. The number of ether oxygens (including phenoxy) is 1. The summed E-state index contributed by atoms with van der Waals surface area (Å²) < 4.78 is 5.54. The Hall–Kier alpha value is -1.84. The Morgan fingerprint density at radius 1 is 1.21 bits per heavy atom. The van der Waals surface area contributed by atoms with Crippen molar-refractivity contribution in [2.45, 2.75) is 58.5 Å². The third kappa shape index (κ3) is 4.59. The Morgan fingerprint density at radius 2 is 1.88 bits per heavy atom. The highest BCUT2D eigenvalue weighted by atomic mass is 16.5. The first-order valence-corrected chi connectivity index (χ1v) is 9.04. The predicted octanol–water partition coefficient (Wildman–Crippen LogP) is 3.84. The van der Waals surface area contributed by atoms with E-state index in [1.807, 2.05) is 30.3 Å². The second-order valence-corrected chi connectivity index (χ2v) is 6.85. The van der Waals surface area contributed by atoms with Crippen LogP contribution in [0.25, 0.3) is 0 Å². The number of benzene rings is 1. The van der Waals surface area contributed by atoms with Crippen LogP contribution in [-0.2, 0) is 20.9 Å². The van der Waals surface area contributed by atoms with Gasteiger partial charge in [-0.25, -0.2) is 0 Å². The fourth-order valence-electron chi connectivity index (χ4n) is 3.81. The fourth-order valence-corrected chi connectivity index (χ4v) is 3.81. The topological polar surface area (TPSA) is 55.4 Å². The molecule has 1 aromatic carbocycles. The molecule has 1 N–H and O–H groups in total. The fraction of sp³-hybridized carbons (Fsp3) is 0.600. The van der Waals surface area contributed by atoms with Crippen molar-refractivity contribution >= 4 is 11.9 Å². The van der Waals surface area contributed by atoms with E-state index in [2.05, 4.69) is 12.2 Å². The lowest BCUT2D eigenvalue weighted by molar-refractivity contribution is -0.152. The van der Waals surface area contributed by atoms with Crippen LogP contribution >= 0.6 is 0 Å². The number of esters is 1. The summed E-state index contributed by atoms with van der Waals surface area (Å²) in [7, 11) is 1.69. The molecule has 24 heavy (non-hydrogen) atoms. The molecule has 0 aromatic heterocycles. The van der Waals surface area contributed by atoms with E-state index in [4.69, 9.17) is 4.74 Å². The summed E-state index contributed by atoms with van der Waals surface area (Å²) >= 11 is 0. The van der Waals surface area contributed by atoms with Crippen LogP contribution in [0.2, 0.25) is 0 Å². The summed E-state index contributed by atoms with van der Waals surface area (Å²) in [5.74, 6) is -0.290. The number of rotatable bonds is 8. The second kappa shape index (κ2) is 8.86. The molecule has 1 fully saturated rings. The Labute approximate surface area is 145 Å². The van der Waals surface area contributed by atoms with Gasteiger partial charge in [0.25, 0.3) is 0 Å². The van der Waals surface area contributed by atoms with E-state index >= 15 is 0 Å². The van der Waals surface area contributed by atoms with Crippen molar-refractivity contribution in [2.75, 3.05) is 7.05 Å². The Bertz CT molecular complexity index is 535. The Morgan fingerprint density at radius 3 is 2.46 bits per heavy atom. The minimum absolute atomic E-state index is 0.0805. The van der Waals surface area contributed by atoms with Crippen molar-refractivity contribution in [3.05, 3.63) is 35.9 Å². The molecule has 0 heterocycles. The standard InChI is InChI=1S/C20H29NO3/c1-3-9-17(14-20(19(23)21-2)12-7-8-13-20)18(22)24-15-16-10-5-4-6-11-16/h4-6,10-11,17H,3,7-9,12-15H2,1-2H3,(H,21,23). The normalized spacial score (nSPS) is 17.2. The number of carbonyl (C=O) groups is 2. The maximum Gasteiger partial charge on any atom is 0.309 e. The molecule has 4 heteroatoms. The molecule has 0 aliphatic heterocycles. The highest BCUT2D eigenvalue weighted by Gasteiger charge is 2.43. The average Bonchev–Trinajstić information content (AvgIpc) is 3.09. The summed E-state index contributed by atoms with van der Waals surface area (Å²) in [6, 6.07) is 9.71. The zero-order valence-corrected chi connectivity index (χ0v) is 14.8. The molecule has 4 nitrogen and oxygen atoms in total. The van der Waals surface area contributed by atoms with E-state index in [-0.39, 0.29) is 23.2 Å². The summed E-state index contributed by atoms with van der Waals surface area (Å²) in [5.41, 5.74) is 0.600. The van der Waals surface area contributed by atoms with E-state index in [1.54, 1.807) is 7.05 Å². The van der Waals surface area contributed by atoms with Gasteiger partial charge in [0.2, 0.25) is 5.91 Å². The lowest BCUT2D eigenvalue weighted by atomic mass is 9.75. The zero-order chi connectivity index (χ0) is 17.4. The average molecular weight is 331 g/mol. The quantitative estimate of drug-likeness (QED) is 0.736. The first kappa shape index (κ1) is 18.5. The highest BCUT2D eigenvalue weighted by Crippen LogP contribution is 2.44. The maximum absolute atomic E-state index is 12.6. The number of hydrogen-bond donors (Lipinski definition) is 1. The van der Waals surface area contributed by atoms with Gasteiger partial charge in [0.05, 0.1) is 5.92 Å². The SMILES string of the molecule is CCCC(CC1(C(=O)NC)CCCC1)C(=O)OCc1ccccc1. The first-order valence-electron chi connectivity index (χ1n) is 9.04. The molecular formula is C20H29NO3. The van der Waals surface area contributed by atoms with Crippen molar-refractivity contribution in [1.29, 1.82) is 0 Å². The molecule has 1 aliphatic carbocycles. The van der Waals surface area contributed by atoms with Crippen LogP contribution in [0, 0.1) is 11.3 Å². The highest BCUT2D eigenvalue weighted by molar-refractivity contribution is 5.83. The Kier molecular flexibility index (Phi) is 6.83. The predicted molar refractivity (Wildman–Crippen MR) is 94.2 cm³/mol. The van der Waals surface area contributed by atoms with Crippen LogP contribution in [0.5, 0.6) is 0 Å². The van der Waals surface area contributed by atoms with Gasteiger partial charge in [0, 0.05) is 12.5 Å². The molecule has 1 amide bonds. The lowest BCUT2D eigenvalue weighted by Crippen LogP contribution is -2.40. The number of amides is 1. The van der Waals surface area contributed by atoms with Crippen LogP contribution in [0.3, 0.4) is 0 Å². The van der Waals surface area contributed by atoms with Gasteiger partial charge < -0.3 is 10.1 Å². The van der Waals surface area contributed by atoms with Gasteiger partial charge in [-0.2, -0.15) is 0 Å². The molecule has 0 bridgehead atoms. The third-order valence-electron chi connectivity index (χ3n) is 5.10. The van der Waals surface area contributed by atoms with Crippen molar-refractivity contribution in [2.24, 2.45) is 11.3 Å². The molecule has 0 radical (unpaired) electrons. The minimum atomic E-state index is -0.389. The summed E-state index contributed by atoms with van der Waals surface area (Å²) in [6.45, 7) is 2.37. The third-order valence-corrected chi connectivity index (χ3v) is 5.10. The monoisotopic (exact) mass is 331 g/mol. The second-order valence-electron chi connectivity index (χ2n) is 6.85. The minimum Gasteiger partial charge on any atom is -0.461 e. The van der Waals surface area contributed by atoms with Crippen molar-refractivity contribution < 1.29 is 14.3 Å². The summed E-state index contributed by atoms with van der Waals surface area (Å²) in [5, 5.41) is 2.80. The molecule has 0 spiro atoms. The van der Waals surface area contributed by atoms with E-state index in [1.165, 1.54) is 0 Å². The largest absolute Gasteiger partial charge is 0.461 e. The maximum atomic E-state index is 12.6. The van der Waals surface area contributed by atoms with Crippen LogP contribution in [-0.4, -0.2) is 18.9 Å². The van der Waals surface area contributed by atoms with Crippen LogP contribution in [0.4, 0.5) is 0 Å². The van der Waals surface area contributed by atoms with Crippen molar-refractivity contribution in [3.63, 3.8) is 0 Å². The van der Waals surface area contributed by atoms with Crippen molar-refractivity contribution in [3.8, 4) is 0 Å². The smallest absolute Gasteiger partial charge is 0.309 e. The molecule has 1 atom stereocenters. The van der Waals surface area contributed by atoms with E-state index < -0.39 is 0 Å². The molecule has 2 rings (SSSR count). The molecule has 1 aromatic rings. The zero-order valence-electron chi connectivity index (χ0n) is 14.8. The van der Waals surface area contributed by atoms with Gasteiger partial charge >= 0.3 is 5.97 Å². The van der Waals surface area contributed by atoms with Gasteiger partial charge in [-0.1, -0.05) is 56.5 Å². The first-order chi connectivity index (χ1) is 11.6. The van der Waals surface area contributed by atoms with Gasteiger partial charge in [-0.15, -0.1) is 0 Å². The molecule has 1 unspecified atom stereocenters. The van der Waals surface area contributed by atoms with Gasteiger partial charge in [-0.3, -0.25) is 9.59 Å². The van der Waals surface area contributed by atoms with Crippen LogP contribution in [0.15, 0.2) is 30.3 Å².